The number of benzene rings is 1. The van der Waals surface area contributed by atoms with Crippen LogP contribution >= 0.6 is 0 Å². The monoisotopic (exact) mass is 268 g/mol. The van der Waals surface area contributed by atoms with Crippen molar-refractivity contribution in [2.24, 2.45) is 0 Å². The Morgan fingerprint density at radius 2 is 1.83 bits per heavy atom. The lowest BCUT2D eigenvalue weighted by atomic mass is 10.1. The minimum atomic E-state index is -2.06. The van der Waals surface area contributed by atoms with Crippen molar-refractivity contribution >= 4 is 14.6 Å². The number of halogens is 1. The lowest BCUT2D eigenvalue weighted by molar-refractivity contribution is 0.112. The SMILES string of the molecule is Cc1cc(C=O)c(O[Si](C)(C)C(C)(C)C)cc1F. The number of carbonyl (C=O) groups excluding carboxylic acids is 1. The van der Waals surface area contributed by atoms with Gasteiger partial charge in [0.25, 0.3) is 8.32 Å². The summed E-state index contributed by atoms with van der Waals surface area (Å²) in [6, 6.07) is 2.85. The molecule has 0 aromatic heterocycles. The van der Waals surface area contributed by atoms with E-state index >= 15 is 0 Å². The summed E-state index contributed by atoms with van der Waals surface area (Å²) < 4.78 is 19.6. The van der Waals surface area contributed by atoms with Crippen molar-refractivity contribution in [2.45, 2.75) is 45.8 Å². The van der Waals surface area contributed by atoms with E-state index in [-0.39, 0.29) is 10.9 Å². The van der Waals surface area contributed by atoms with Crippen LogP contribution < -0.4 is 4.43 Å². The predicted octanol–water partition coefficient (Wildman–Crippen LogP) is 4.33. The van der Waals surface area contributed by atoms with Gasteiger partial charge in [0.2, 0.25) is 0 Å². The van der Waals surface area contributed by atoms with Crippen LogP contribution in [0.4, 0.5) is 4.39 Å². The van der Waals surface area contributed by atoms with E-state index in [0.29, 0.717) is 16.9 Å². The Labute approximate surface area is 109 Å². The Hall–Kier alpha value is -1.16. The molecule has 1 aromatic carbocycles. The van der Waals surface area contributed by atoms with Gasteiger partial charge in [-0.25, -0.2) is 4.39 Å². The van der Waals surface area contributed by atoms with Gasteiger partial charge in [0.1, 0.15) is 11.6 Å². The average Bonchev–Trinajstić information content (AvgIpc) is 2.21. The Morgan fingerprint density at radius 3 is 2.28 bits per heavy atom. The molecule has 1 rings (SSSR count). The molecule has 18 heavy (non-hydrogen) atoms. The Morgan fingerprint density at radius 1 is 1.28 bits per heavy atom. The number of carbonyl (C=O) groups is 1. The summed E-state index contributed by atoms with van der Waals surface area (Å²) in [5, 5.41) is 0.00845. The van der Waals surface area contributed by atoms with Crippen LogP contribution in [0.3, 0.4) is 0 Å². The van der Waals surface area contributed by atoms with E-state index in [9.17, 15) is 9.18 Å². The molecule has 0 unspecified atom stereocenters. The third kappa shape index (κ3) is 2.99. The van der Waals surface area contributed by atoms with Crippen molar-refractivity contribution in [1.29, 1.82) is 0 Å². The predicted molar refractivity (Wildman–Crippen MR) is 74.3 cm³/mol. The minimum Gasteiger partial charge on any atom is -0.543 e. The molecular formula is C14H21FO2Si. The molecule has 0 N–H and O–H groups in total. The zero-order valence-electron chi connectivity index (χ0n) is 11.9. The van der Waals surface area contributed by atoms with Gasteiger partial charge in [0, 0.05) is 6.07 Å². The first-order valence-electron chi connectivity index (χ1n) is 6.03. The molecule has 1 aromatic rings. The van der Waals surface area contributed by atoms with Crippen LogP contribution in [-0.2, 0) is 0 Å². The summed E-state index contributed by atoms with van der Waals surface area (Å²) >= 11 is 0. The van der Waals surface area contributed by atoms with Crippen molar-refractivity contribution in [3.63, 3.8) is 0 Å². The van der Waals surface area contributed by atoms with Crippen LogP contribution in [0.5, 0.6) is 5.75 Å². The van der Waals surface area contributed by atoms with Gasteiger partial charge < -0.3 is 4.43 Å². The number of hydrogen-bond donors (Lipinski definition) is 0. The second-order valence-corrected chi connectivity index (χ2v) is 10.8. The van der Waals surface area contributed by atoms with Gasteiger partial charge in [0.05, 0.1) is 5.56 Å². The molecule has 0 aliphatic heterocycles. The lowest BCUT2D eigenvalue weighted by Gasteiger charge is -2.36. The molecule has 2 nitrogen and oxygen atoms in total. The number of aldehydes is 1. The van der Waals surface area contributed by atoms with Gasteiger partial charge in [0.15, 0.2) is 6.29 Å². The van der Waals surface area contributed by atoms with Gasteiger partial charge in [-0.3, -0.25) is 4.79 Å². The van der Waals surface area contributed by atoms with Crippen molar-refractivity contribution < 1.29 is 13.6 Å². The van der Waals surface area contributed by atoms with Gasteiger partial charge in [-0.15, -0.1) is 0 Å². The quantitative estimate of drug-likeness (QED) is 0.602. The summed E-state index contributed by atoms with van der Waals surface area (Å²) in [4.78, 5) is 11.0. The smallest absolute Gasteiger partial charge is 0.250 e. The van der Waals surface area contributed by atoms with Gasteiger partial charge in [-0.1, -0.05) is 20.8 Å². The third-order valence-corrected chi connectivity index (χ3v) is 7.93. The minimum absolute atomic E-state index is 0.00845. The van der Waals surface area contributed by atoms with Crippen molar-refractivity contribution in [1.82, 2.24) is 0 Å². The molecule has 100 valence electrons. The molecule has 0 aliphatic rings. The highest BCUT2D eigenvalue weighted by Crippen LogP contribution is 2.38. The Balaban J connectivity index is 3.19. The van der Waals surface area contributed by atoms with E-state index < -0.39 is 8.32 Å². The van der Waals surface area contributed by atoms with Crippen molar-refractivity contribution in [3.8, 4) is 5.75 Å². The van der Waals surface area contributed by atoms with Gasteiger partial charge in [-0.05, 0) is 36.7 Å². The molecule has 0 saturated carbocycles. The molecule has 0 atom stereocenters. The summed E-state index contributed by atoms with van der Waals surface area (Å²) in [5.41, 5.74) is 0.874. The van der Waals surface area contributed by atoms with Crippen LogP contribution in [0.2, 0.25) is 18.1 Å². The fourth-order valence-electron chi connectivity index (χ4n) is 1.29. The highest BCUT2D eigenvalue weighted by atomic mass is 28.4. The molecule has 0 spiro atoms. The van der Waals surface area contributed by atoms with Crippen LogP contribution in [0.1, 0.15) is 36.7 Å². The summed E-state index contributed by atoms with van der Waals surface area (Å²) in [6.07, 6.45) is 0.717. The fourth-order valence-corrected chi connectivity index (χ4v) is 2.33. The van der Waals surface area contributed by atoms with Crippen LogP contribution in [0, 0.1) is 12.7 Å². The summed E-state index contributed by atoms with van der Waals surface area (Å²) in [5.74, 6) is 0.0222. The van der Waals surface area contributed by atoms with E-state index in [4.69, 9.17) is 4.43 Å². The standard InChI is InChI=1S/C14H21FO2Si/c1-10-7-11(9-16)13(8-12(10)15)17-18(5,6)14(2,3)4/h7-9H,1-6H3. The second-order valence-electron chi connectivity index (χ2n) is 6.12. The molecule has 0 bridgehead atoms. The fraction of sp³-hybridized carbons (Fsp3) is 0.500. The van der Waals surface area contributed by atoms with E-state index in [0.717, 1.165) is 6.29 Å². The molecule has 0 amide bonds. The zero-order chi connectivity index (χ0) is 14.1. The highest BCUT2D eigenvalue weighted by Gasteiger charge is 2.39. The van der Waals surface area contributed by atoms with Crippen LogP contribution in [0.15, 0.2) is 12.1 Å². The number of hydrogen-bond acceptors (Lipinski definition) is 2. The largest absolute Gasteiger partial charge is 0.543 e. The molecule has 0 saturated heterocycles. The molecule has 0 heterocycles. The summed E-state index contributed by atoms with van der Waals surface area (Å²) in [7, 11) is -2.06. The summed E-state index contributed by atoms with van der Waals surface area (Å²) in [6.45, 7) is 12.1. The van der Waals surface area contributed by atoms with E-state index in [1.165, 1.54) is 12.1 Å². The van der Waals surface area contributed by atoms with E-state index in [1.54, 1.807) is 6.92 Å². The normalized spacial score (nSPS) is 12.4. The second kappa shape index (κ2) is 4.84. The number of rotatable bonds is 3. The molecule has 0 fully saturated rings. The zero-order valence-corrected chi connectivity index (χ0v) is 12.9. The highest BCUT2D eigenvalue weighted by molar-refractivity contribution is 6.74. The first-order chi connectivity index (χ1) is 8.08. The topological polar surface area (TPSA) is 26.3 Å². The van der Waals surface area contributed by atoms with Crippen LogP contribution in [-0.4, -0.2) is 14.6 Å². The van der Waals surface area contributed by atoms with Crippen LogP contribution in [0.25, 0.3) is 0 Å². The Kier molecular flexibility index (Phi) is 4.01. The molecular weight excluding hydrogens is 247 g/mol. The van der Waals surface area contributed by atoms with Gasteiger partial charge >= 0.3 is 0 Å². The maximum atomic E-state index is 13.6. The first-order valence-corrected chi connectivity index (χ1v) is 8.93. The molecule has 4 heteroatoms. The average molecular weight is 268 g/mol. The maximum Gasteiger partial charge on any atom is 0.250 e. The Bertz CT molecular complexity index is 462. The molecule has 0 aliphatic carbocycles. The lowest BCUT2D eigenvalue weighted by Crippen LogP contribution is -2.44. The number of aryl methyl sites for hydroxylation is 1. The van der Waals surface area contributed by atoms with Crippen molar-refractivity contribution in [2.75, 3.05) is 0 Å². The van der Waals surface area contributed by atoms with E-state index in [1.807, 2.05) is 0 Å². The van der Waals surface area contributed by atoms with Crippen molar-refractivity contribution in [3.05, 3.63) is 29.1 Å². The first kappa shape index (κ1) is 14.9. The third-order valence-electron chi connectivity index (χ3n) is 3.59. The maximum absolute atomic E-state index is 13.6. The van der Waals surface area contributed by atoms with Gasteiger partial charge in [-0.2, -0.15) is 0 Å². The van der Waals surface area contributed by atoms with E-state index in [2.05, 4.69) is 33.9 Å². The molecule has 0 radical (unpaired) electrons.